The van der Waals surface area contributed by atoms with E-state index in [2.05, 4.69) is 0 Å². The molecule has 13 heavy (non-hydrogen) atoms. The third-order valence-corrected chi connectivity index (χ3v) is 2.02. The Morgan fingerprint density at radius 3 is 2.23 bits per heavy atom. The molecule has 1 rings (SSSR count). The van der Waals surface area contributed by atoms with Gasteiger partial charge in [-0.05, 0) is 24.6 Å². The molecule has 0 bridgehead atoms. The molecule has 1 unspecified atom stereocenters. The topological polar surface area (TPSA) is 49.7 Å². The summed E-state index contributed by atoms with van der Waals surface area (Å²) in [6.45, 7) is 1.27. The molecule has 0 heterocycles. The predicted octanol–water partition coefficient (Wildman–Crippen LogP) is 0.895. The number of ether oxygens (including phenoxy) is 1. The van der Waals surface area contributed by atoms with Gasteiger partial charge in [0.1, 0.15) is 11.4 Å². The Kier molecular flexibility index (Phi) is 2.90. The van der Waals surface area contributed by atoms with Crippen molar-refractivity contribution in [3.05, 3.63) is 29.8 Å². The molecular weight excluding hydrogens is 168 g/mol. The normalized spacial score (nSPS) is 15.1. The van der Waals surface area contributed by atoms with Crippen LogP contribution in [0.4, 0.5) is 0 Å². The zero-order chi connectivity index (χ0) is 9.90. The fourth-order valence-corrected chi connectivity index (χ4v) is 1.04. The van der Waals surface area contributed by atoms with E-state index in [1.807, 2.05) is 0 Å². The summed E-state index contributed by atoms with van der Waals surface area (Å²) < 4.78 is 4.97. The molecule has 1 aromatic rings. The molecule has 0 aliphatic rings. The van der Waals surface area contributed by atoms with Crippen LogP contribution in [0.2, 0.25) is 0 Å². The van der Waals surface area contributed by atoms with Crippen LogP contribution in [-0.4, -0.2) is 23.9 Å². The van der Waals surface area contributed by atoms with E-state index in [0.29, 0.717) is 5.56 Å². The van der Waals surface area contributed by atoms with Crippen molar-refractivity contribution in [2.24, 2.45) is 0 Å². The summed E-state index contributed by atoms with van der Waals surface area (Å²) >= 11 is 0. The Hall–Kier alpha value is -1.06. The van der Waals surface area contributed by atoms with Gasteiger partial charge in [0, 0.05) is 0 Å². The fraction of sp³-hybridized carbons (Fsp3) is 0.400. The van der Waals surface area contributed by atoms with Gasteiger partial charge >= 0.3 is 0 Å². The zero-order valence-corrected chi connectivity index (χ0v) is 7.82. The van der Waals surface area contributed by atoms with Crippen molar-refractivity contribution >= 4 is 0 Å². The van der Waals surface area contributed by atoms with E-state index in [9.17, 15) is 5.11 Å². The molecule has 1 atom stereocenters. The summed E-state index contributed by atoms with van der Waals surface area (Å²) in [6, 6.07) is 6.96. The largest absolute Gasteiger partial charge is 0.497 e. The highest BCUT2D eigenvalue weighted by Gasteiger charge is 2.21. The Morgan fingerprint density at radius 2 is 1.85 bits per heavy atom. The minimum Gasteiger partial charge on any atom is -0.497 e. The van der Waals surface area contributed by atoms with E-state index in [-0.39, 0.29) is 6.61 Å². The predicted molar refractivity (Wildman–Crippen MR) is 49.7 cm³/mol. The Labute approximate surface area is 77.6 Å². The highest BCUT2D eigenvalue weighted by atomic mass is 16.5. The quantitative estimate of drug-likeness (QED) is 0.730. The zero-order valence-electron chi connectivity index (χ0n) is 7.82. The first kappa shape index (κ1) is 10.0. The Morgan fingerprint density at radius 1 is 1.31 bits per heavy atom. The second kappa shape index (κ2) is 3.77. The minimum atomic E-state index is -1.17. The minimum absolute atomic E-state index is 0.292. The van der Waals surface area contributed by atoms with Gasteiger partial charge in [-0.3, -0.25) is 0 Å². The van der Waals surface area contributed by atoms with Crippen LogP contribution in [0.5, 0.6) is 5.75 Å². The molecule has 3 heteroatoms. The lowest BCUT2D eigenvalue weighted by Crippen LogP contribution is -2.25. The van der Waals surface area contributed by atoms with Crippen molar-refractivity contribution in [1.82, 2.24) is 0 Å². The summed E-state index contributed by atoms with van der Waals surface area (Å²) in [5.74, 6) is 0.734. The molecular formula is C10H14O3. The molecule has 0 saturated carbocycles. The summed E-state index contributed by atoms with van der Waals surface area (Å²) in [4.78, 5) is 0. The van der Waals surface area contributed by atoms with Gasteiger partial charge in [-0.25, -0.2) is 0 Å². The smallest absolute Gasteiger partial charge is 0.118 e. The van der Waals surface area contributed by atoms with Crippen LogP contribution < -0.4 is 4.74 Å². The van der Waals surface area contributed by atoms with E-state index in [0.717, 1.165) is 5.75 Å². The number of methoxy groups -OCH3 is 1. The molecule has 72 valence electrons. The van der Waals surface area contributed by atoms with Gasteiger partial charge in [0.15, 0.2) is 0 Å². The average molecular weight is 182 g/mol. The van der Waals surface area contributed by atoms with Crippen LogP contribution in [0.15, 0.2) is 24.3 Å². The van der Waals surface area contributed by atoms with Crippen molar-refractivity contribution in [2.75, 3.05) is 13.7 Å². The number of rotatable bonds is 3. The SMILES string of the molecule is COc1ccc(C(C)(O)CO)cc1. The number of hydrogen-bond acceptors (Lipinski definition) is 3. The van der Waals surface area contributed by atoms with Gasteiger partial charge in [0.25, 0.3) is 0 Å². The highest BCUT2D eigenvalue weighted by Crippen LogP contribution is 2.22. The summed E-state index contributed by atoms with van der Waals surface area (Å²) in [5, 5.41) is 18.6. The van der Waals surface area contributed by atoms with E-state index >= 15 is 0 Å². The lowest BCUT2D eigenvalue weighted by atomic mass is 9.97. The molecule has 2 N–H and O–H groups in total. The van der Waals surface area contributed by atoms with Gasteiger partial charge in [0.2, 0.25) is 0 Å². The fourth-order valence-electron chi connectivity index (χ4n) is 1.04. The third kappa shape index (κ3) is 2.20. The molecule has 3 nitrogen and oxygen atoms in total. The maximum atomic E-state index is 9.67. The van der Waals surface area contributed by atoms with Gasteiger partial charge in [-0.1, -0.05) is 12.1 Å². The number of benzene rings is 1. The average Bonchev–Trinajstić information content (AvgIpc) is 2.18. The first-order valence-corrected chi connectivity index (χ1v) is 4.08. The summed E-state index contributed by atoms with van der Waals surface area (Å²) in [7, 11) is 1.58. The highest BCUT2D eigenvalue weighted by molar-refractivity contribution is 5.30. The lowest BCUT2D eigenvalue weighted by Gasteiger charge is -2.20. The molecule has 0 saturated heterocycles. The maximum Gasteiger partial charge on any atom is 0.118 e. The summed E-state index contributed by atoms with van der Waals surface area (Å²) in [6.07, 6.45) is 0. The second-order valence-electron chi connectivity index (χ2n) is 3.16. The molecule has 1 aromatic carbocycles. The van der Waals surface area contributed by atoms with Crippen molar-refractivity contribution in [1.29, 1.82) is 0 Å². The first-order chi connectivity index (χ1) is 6.10. The van der Waals surface area contributed by atoms with Gasteiger partial charge in [-0.15, -0.1) is 0 Å². The first-order valence-electron chi connectivity index (χ1n) is 4.08. The van der Waals surface area contributed by atoms with Gasteiger partial charge in [-0.2, -0.15) is 0 Å². The number of hydrogen-bond donors (Lipinski definition) is 2. The van der Waals surface area contributed by atoms with E-state index < -0.39 is 5.60 Å². The Bertz CT molecular complexity index is 264. The standard InChI is InChI=1S/C10H14O3/c1-10(12,7-11)8-3-5-9(13-2)6-4-8/h3-6,11-12H,7H2,1-2H3. The van der Waals surface area contributed by atoms with Crippen molar-refractivity contribution in [2.45, 2.75) is 12.5 Å². The molecule has 0 fully saturated rings. The van der Waals surface area contributed by atoms with Gasteiger partial charge in [0.05, 0.1) is 13.7 Å². The van der Waals surface area contributed by atoms with Gasteiger partial charge < -0.3 is 14.9 Å². The van der Waals surface area contributed by atoms with Crippen molar-refractivity contribution in [3.8, 4) is 5.75 Å². The third-order valence-electron chi connectivity index (χ3n) is 2.02. The monoisotopic (exact) mass is 182 g/mol. The van der Waals surface area contributed by atoms with E-state index in [1.54, 1.807) is 38.3 Å². The molecule has 0 aromatic heterocycles. The number of aliphatic hydroxyl groups is 2. The lowest BCUT2D eigenvalue weighted by molar-refractivity contribution is -0.00230. The summed E-state index contributed by atoms with van der Waals surface area (Å²) in [5.41, 5.74) is -0.498. The van der Waals surface area contributed by atoms with Crippen LogP contribution in [0.25, 0.3) is 0 Å². The van der Waals surface area contributed by atoms with Crippen LogP contribution in [-0.2, 0) is 5.60 Å². The molecule has 0 aliphatic heterocycles. The van der Waals surface area contributed by atoms with Crippen molar-refractivity contribution in [3.63, 3.8) is 0 Å². The second-order valence-corrected chi connectivity index (χ2v) is 3.16. The maximum absolute atomic E-state index is 9.67. The molecule has 0 radical (unpaired) electrons. The van der Waals surface area contributed by atoms with Crippen LogP contribution in [0, 0.1) is 0 Å². The Balaban J connectivity index is 2.92. The van der Waals surface area contributed by atoms with Crippen LogP contribution in [0.3, 0.4) is 0 Å². The number of aliphatic hydroxyl groups excluding tert-OH is 1. The van der Waals surface area contributed by atoms with Crippen LogP contribution >= 0.6 is 0 Å². The molecule has 0 spiro atoms. The van der Waals surface area contributed by atoms with E-state index in [1.165, 1.54) is 0 Å². The molecule has 0 amide bonds. The molecule has 0 aliphatic carbocycles. The van der Waals surface area contributed by atoms with Crippen molar-refractivity contribution < 1.29 is 14.9 Å². The van der Waals surface area contributed by atoms with Crippen LogP contribution in [0.1, 0.15) is 12.5 Å². The van der Waals surface area contributed by atoms with E-state index in [4.69, 9.17) is 9.84 Å².